The maximum absolute atomic E-state index is 10.7. The van der Waals surface area contributed by atoms with Gasteiger partial charge in [-0.3, -0.25) is 5.01 Å². The van der Waals surface area contributed by atoms with Gasteiger partial charge in [0.15, 0.2) is 0 Å². The third-order valence-corrected chi connectivity index (χ3v) is 2.68. The fourth-order valence-corrected chi connectivity index (χ4v) is 1.68. The van der Waals surface area contributed by atoms with Crippen molar-refractivity contribution in [2.45, 2.75) is 6.54 Å². The van der Waals surface area contributed by atoms with Crippen LogP contribution in [-0.2, 0) is 6.54 Å². The number of aromatic carboxylic acids is 1. The van der Waals surface area contributed by atoms with E-state index in [1.807, 2.05) is 37.4 Å². The predicted molar refractivity (Wildman–Crippen MR) is 75.8 cm³/mol. The molecule has 20 heavy (non-hydrogen) atoms. The van der Waals surface area contributed by atoms with Crippen molar-refractivity contribution < 1.29 is 9.90 Å². The first-order valence-corrected chi connectivity index (χ1v) is 6.15. The van der Waals surface area contributed by atoms with Crippen LogP contribution >= 0.6 is 0 Å². The van der Waals surface area contributed by atoms with Crippen molar-refractivity contribution >= 4 is 11.7 Å². The van der Waals surface area contributed by atoms with E-state index in [4.69, 9.17) is 5.11 Å². The molecule has 2 aromatic rings. The molecule has 0 saturated carbocycles. The van der Waals surface area contributed by atoms with Crippen molar-refractivity contribution in [2.24, 2.45) is 10.3 Å². The molecule has 2 aromatic carbocycles. The molecule has 2 rings (SSSR count). The summed E-state index contributed by atoms with van der Waals surface area (Å²) in [5.74, 6) is -0.949. The third-order valence-electron chi connectivity index (χ3n) is 2.68. The second-order valence-electron chi connectivity index (χ2n) is 4.34. The first kappa shape index (κ1) is 13.7. The maximum atomic E-state index is 10.7. The van der Waals surface area contributed by atoms with Gasteiger partial charge in [0.1, 0.15) is 0 Å². The Labute approximate surface area is 117 Å². The van der Waals surface area contributed by atoms with Gasteiger partial charge in [0.05, 0.1) is 17.8 Å². The largest absolute Gasteiger partial charge is 0.478 e. The molecule has 1 N–H and O–H groups in total. The minimum atomic E-state index is -0.949. The Hall–Kier alpha value is -2.69. The average Bonchev–Trinajstić information content (AvgIpc) is 2.46. The van der Waals surface area contributed by atoms with Crippen molar-refractivity contribution in [2.75, 3.05) is 7.05 Å². The number of nitrogens with zero attached hydrogens (tertiary/aromatic N) is 3. The Morgan fingerprint density at radius 2 is 1.75 bits per heavy atom. The maximum Gasteiger partial charge on any atom is 0.335 e. The lowest BCUT2D eigenvalue weighted by atomic mass is 10.2. The highest BCUT2D eigenvalue weighted by Gasteiger charge is 2.01. The highest BCUT2D eigenvalue weighted by atomic mass is 16.4. The Morgan fingerprint density at radius 1 is 1.10 bits per heavy atom. The molecule has 0 atom stereocenters. The molecule has 0 aliphatic rings. The molecule has 0 bridgehead atoms. The van der Waals surface area contributed by atoms with E-state index < -0.39 is 5.97 Å². The molecule has 5 nitrogen and oxygen atoms in total. The average molecular weight is 269 g/mol. The van der Waals surface area contributed by atoms with Crippen LogP contribution in [0, 0.1) is 0 Å². The van der Waals surface area contributed by atoms with Crippen molar-refractivity contribution in [3.8, 4) is 0 Å². The molecule has 0 aliphatic carbocycles. The number of rotatable bonds is 5. The zero-order valence-electron chi connectivity index (χ0n) is 11.1. The molecule has 0 amide bonds. The van der Waals surface area contributed by atoms with Crippen LogP contribution in [-0.4, -0.2) is 23.1 Å². The van der Waals surface area contributed by atoms with E-state index in [1.54, 1.807) is 17.1 Å². The van der Waals surface area contributed by atoms with Gasteiger partial charge < -0.3 is 5.11 Å². The molecule has 0 aliphatic heterocycles. The van der Waals surface area contributed by atoms with Crippen LogP contribution in [0.5, 0.6) is 0 Å². The summed E-state index contributed by atoms with van der Waals surface area (Å²) in [6.07, 6.45) is 0. The monoisotopic (exact) mass is 269 g/mol. The van der Waals surface area contributed by atoms with Crippen LogP contribution < -0.4 is 0 Å². The molecule has 0 heterocycles. The third kappa shape index (κ3) is 3.91. The van der Waals surface area contributed by atoms with Crippen molar-refractivity contribution in [1.29, 1.82) is 0 Å². The normalized spacial score (nSPS) is 10.7. The Bertz CT molecular complexity index is 594. The Balaban J connectivity index is 1.96. The number of carbonyl (C=O) groups is 1. The van der Waals surface area contributed by atoms with E-state index in [2.05, 4.69) is 10.3 Å². The fraction of sp³-hybridized carbons (Fsp3) is 0.133. The van der Waals surface area contributed by atoms with Crippen molar-refractivity contribution in [1.82, 2.24) is 5.01 Å². The number of hydrogen-bond donors (Lipinski definition) is 1. The lowest BCUT2D eigenvalue weighted by molar-refractivity contribution is 0.0697. The summed E-state index contributed by atoms with van der Waals surface area (Å²) in [7, 11) is 1.84. The van der Waals surface area contributed by atoms with E-state index in [0.29, 0.717) is 12.2 Å². The van der Waals surface area contributed by atoms with Gasteiger partial charge in [0.2, 0.25) is 0 Å². The molecule has 0 fully saturated rings. The first-order valence-electron chi connectivity index (χ1n) is 6.15. The summed E-state index contributed by atoms with van der Waals surface area (Å²) >= 11 is 0. The van der Waals surface area contributed by atoms with Gasteiger partial charge in [-0.05, 0) is 29.8 Å². The quantitative estimate of drug-likeness (QED) is 0.667. The van der Waals surface area contributed by atoms with Gasteiger partial charge in [-0.1, -0.05) is 35.6 Å². The summed E-state index contributed by atoms with van der Waals surface area (Å²) in [6, 6.07) is 16.2. The molecule has 0 aromatic heterocycles. The van der Waals surface area contributed by atoms with E-state index in [9.17, 15) is 4.79 Å². The van der Waals surface area contributed by atoms with Gasteiger partial charge in [-0.25, -0.2) is 4.79 Å². The van der Waals surface area contributed by atoms with E-state index in [0.717, 1.165) is 5.56 Å². The van der Waals surface area contributed by atoms with E-state index in [1.165, 1.54) is 12.1 Å². The topological polar surface area (TPSA) is 65.3 Å². The zero-order valence-corrected chi connectivity index (χ0v) is 11.1. The molecule has 0 spiro atoms. The smallest absolute Gasteiger partial charge is 0.335 e. The molecule has 102 valence electrons. The number of carboxylic acid groups (broad SMARTS) is 1. The van der Waals surface area contributed by atoms with Crippen LogP contribution in [0.4, 0.5) is 5.69 Å². The second-order valence-corrected chi connectivity index (χ2v) is 4.34. The standard InChI is InChI=1S/C15H15N3O2/c1-18(11-12-5-3-2-4-6-12)17-16-14-9-7-13(8-10-14)15(19)20/h2-10H,11H2,1H3,(H,19,20). The van der Waals surface area contributed by atoms with E-state index >= 15 is 0 Å². The summed E-state index contributed by atoms with van der Waals surface area (Å²) in [4.78, 5) is 10.7. The molecule has 0 saturated heterocycles. The molecule has 5 heteroatoms. The highest BCUT2D eigenvalue weighted by molar-refractivity contribution is 5.87. The van der Waals surface area contributed by atoms with Crippen LogP contribution in [0.1, 0.15) is 15.9 Å². The Morgan fingerprint density at radius 3 is 2.35 bits per heavy atom. The Kier molecular flexibility index (Phi) is 4.44. The summed E-state index contributed by atoms with van der Waals surface area (Å²) in [5, 5.41) is 18.7. The van der Waals surface area contributed by atoms with Gasteiger partial charge in [0, 0.05) is 7.05 Å². The van der Waals surface area contributed by atoms with Crippen molar-refractivity contribution in [3.63, 3.8) is 0 Å². The SMILES string of the molecule is CN(Cc1ccccc1)N=Nc1ccc(C(=O)O)cc1. The van der Waals surface area contributed by atoms with Gasteiger partial charge in [0.25, 0.3) is 0 Å². The molecule has 0 radical (unpaired) electrons. The van der Waals surface area contributed by atoms with Gasteiger partial charge in [-0.2, -0.15) is 0 Å². The number of hydrogen-bond acceptors (Lipinski definition) is 3. The molecular formula is C15H15N3O2. The molecular weight excluding hydrogens is 254 g/mol. The van der Waals surface area contributed by atoms with Crippen LogP contribution in [0.2, 0.25) is 0 Å². The first-order chi connectivity index (χ1) is 9.65. The number of carboxylic acids is 1. The lowest BCUT2D eigenvalue weighted by Gasteiger charge is -2.10. The van der Waals surface area contributed by atoms with Gasteiger partial charge >= 0.3 is 5.97 Å². The zero-order chi connectivity index (χ0) is 14.4. The predicted octanol–water partition coefficient (Wildman–Crippen LogP) is 3.52. The second kappa shape index (κ2) is 6.47. The molecule has 0 unspecified atom stereocenters. The highest BCUT2D eigenvalue weighted by Crippen LogP contribution is 2.14. The van der Waals surface area contributed by atoms with Gasteiger partial charge in [-0.15, -0.1) is 5.11 Å². The lowest BCUT2D eigenvalue weighted by Crippen LogP contribution is -2.09. The fourth-order valence-electron chi connectivity index (χ4n) is 1.68. The summed E-state index contributed by atoms with van der Waals surface area (Å²) in [5.41, 5.74) is 2.01. The minimum absolute atomic E-state index is 0.238. The van der Waals surface area contributed by atoms with E-state index in [-0.39, 0.29) is 5.56 Å². The number of benzene rings is 2. The summed E-state index contributed by atoms with van der Waals surface area (Å²) < 4.78 is 0. The van der Waals surface area contributed by atoms with Crippen molar-refractivity contribution in [3.05, 3.63) is 65.7 Å². The van der Waals surface area contributed by atoms with Crippen LogP contribution in [0.3, 0.4) is 0 Å². The van der Waals surface area contributed by atoms with Crippen LogP contribution in [0.15, 0.2) is 64.9 Å². The minimum Gasteiger partial charge on any atom is -0.478 e. The van der Waals surface area contributed by atoms with Crippen LogP contribution in [0.25, 0.3) is 0 Å². The summed E-state index contributed by atoms with van der Waals surface area (Å²) in [6.45, 7) is 0.664.